The van der Waals surface area contributed by atoms with Gasteiger partial charge in [-0.1, -0.05) is 255 Å². The predicted molar refractivity (Wildman–Crippen MR) is 366 cm³/mol. The van der Waals surface area contributed by atoms with Crippen LogP contribution in [0.5, 0.6) is 0 Å². The van der Waals surface area contributed by atoms with Gasteiger partial charge >= 0.3 is 0 Å². The second kappa shape index (κ2) is 20.5. The number of para-hydroxylation sites is 2. The van der Waals surface area contributed by atoms with Crippen molar-refractivity contribution in [1.29, 1.82) is 0 Å². The molecule has 0 N–H and O–H groups in total. The van der Waals surface area contributed by atoms with Crippen LogP contribution in [0.2, 0.25) is 0 Å². The lowest BCUT2D eigenvalue weighted by atomic mass is 9.70. The van der Waals surface area contributed by atoms with E-state index < -0.39 is 5.41 Å². The maximum atomic E-state index is 2.55. The van der Waals surface area contributed by atoms with Crippen molar-refractivity contribution in [2.24, 2.45) is 0 Å². The van der Waals surface area contributed by atoms with Crippen molar-refractivity contribution >= 4 is 66.4 Å². The Bertz CT molecular complexity index is 4880. The monoisotopic (exact) mass is 1100 g/mol. The SMILES string of the molecule is c1ccc(-c2ccc(-c3ccccc3)c(N(c3ccccc3)c3ccc4cc5c(cc4c3)C3(c4cc6cc(N(c7ccccc7)c7cc(-c8ccccc8)ccc7-c7ccccc7)ccc6cc4-5)c4ccccc4-c4c3ccc3ccccc43)c2)cc1. The van der Waals surface area contributed by atoms with Crippen molar-refractivity contribution in [2.45, 2.75) is 5.41 Å². The van der Waals surface area contributed by atoms with E-state index in [0.717, 1.165) is 56.4 Å². The van der Waals surface area contributed by atoms with Crippen LogP contribution in [0, 0.1) is 0 Å². The van der Waals surface area contributed by atoms with E-state index in [1.807, 2.05) is 0 Å². The number of rotatable bonds is 10. The first kappa shape index (κ1) is 50.2. The van der Waals surface area contributed by atoms with Crippen molar-refractivity contribution in [3.05, 3.63) is 362 Å². The van der Waals surface area contributed by atoms with Crippen LogP contribution in [0.4, 0.5) is 34.1 Å². The minimum absolute atomic E-state index is 0.637. The van der Waals surface area contributed by atoms with Crippen LogP contribution in [0.1, 0.15) is 22.3 Å². The Morgan fingerprint density at radius 2 is 0.609 bits per heavy atom. The summed E-state index contributed by atoms with van der Waals surface area (Å²) in [5, 5.41) is 7.28. The first-order valence-electron chi connectivity index (χ1n) is 30.1. The zero-order valence-corrected chi connectivity index (χ0v) is 47.7. The maximum absolute atomic E-state index is 2.55. The Kier molecular flexibility index (Phi) is 11.8. The molecule has 2 heteroatoms. The number of fused-ring (bicyclic) bond motifs is 14. The molecule has 2 aliphatic carbocycles. The lowest BCUT2D eigenvalue weighted by molar-refractivity contribution is 0.797. The second-order valence-electron chi connectivity index (χ2n) is 23.1. The zero-order valence-electron chi connectivity index (χ0n) is 47.7. The lowest BCUT2D eigenvalue weighted by Crippen LogP contribution is -2.26. The molecular formula is C85H56N2. The van der Waals surface area contributed by atoms with E-state index in [2.05, 4.69) is 350 Å². The highest BCUT2D eigenvalue weighted by Crippen LogP contribution is 2.65. The van der Waals surface area contributed by atoms with E-state index in [4.69, 9.17) is 0 Å². The van der Waals surface area contributed by atoms with E-state index in [9.17, 15) is 0 Å². The highest BCUT2D eigenvalue weighted by Gasteiger charge is 2.52. The second-order valence-corrected chi connectivity index (χ2v) is 23.1. The standard InChI is InChI=1S/C85H56N2/c1-7-23-57(24-8-1)64-41-46-72(59-27-11-3-12-28-59)82(55-64)86(68-32-15-5-16-33-68)70-44-39-62-51-76-77-52-63-40-45-71(87(69-34-17-6-18-35-69)83-56-65(58-25-9-2-10-26-58)42-47-73(83)60-29-13-4-14-30-60)50-67(63)54-81(77)85(80(76)53-66(62)49-70)78-38-22-21-37-75(78)84-74-36-20-19-31-61(74)43-48-79(84)85/h1-56H. The molecule has 0 aliphatic heterocycles. The maximum Gasteiger partial charge on any atom is 0.0726 e. The molecule has 0 amide bonds. The minimum atomic E-state index is -0.637. The summed E-state index contributed by atoms with van der Waals surface area (Å²) in [6, 6.07) is 126. The molecule has 406 valence electrons. The van der Waals surface area contributed by atoms with Gasteiger partial charge in [0.1, 0.15) is 0 Å². The molecule has 2 aliphatic rings. The molecule has 0 aromatic heterocycles. The smallest absolute Gasteiger partial charge is 0.0726 e. The summed E-state index contributed by atoms with van der Waals surface area (Å²) in [5.41, 5.74) is 25.7. The average Bonchev–Trinajstić information content (AvgIpc) is 1.52. The zero-order chi connectivity index (χ0) is 57.4. The van der Waals surface area contributed by atoms with Crippen molar-refractivity contribution in [3.63, 3.8) is 0 Å². The van der Waals surface area contributed by atoms with E-state index in [-0.39, 0.29) is 0 Å². The first-order chi connectivity index (χ1) is 43.1. The van der Waals surface area contributed by atoms with Crippen LogP contribution >= 0.6 is 0 Å². The lowest BCUT2D eigenvalue weighted by Gasteiger charge is -2.31. The first-order valence-corrected chi connectivity index (χ1v) is 30.1. The molecule has 0 unspecified atom stereocenters. The third-order valence-electron chi connectivity index (χ3n) is 18.4. The molecule has 0 radical (unpaired) electrons. The molecule has 87 heavy (non-hydrogen) atoms. The van der Waals surface area contributed by atoms with Gasteiger partial charge in [-0.3, -0.25) is 0 Å². The summed E-state index contributed by atoms with van der Waals surface area (Å²) in [4.78, 5) is 4.92. The number of nitrogens with zero attached hydrogens (tertiary/aromatic N) is 2. The number of hydrogen-bond acceptors (Lipinski definition) is 2. The highest BCUT2D eigenvalue weighted by atomic mass is 15.2. The summed E-state index contributed by atoms with van der Waals surface area (Å²) in [5.74, 6) is 0. The van der Waals surface area contributed by atoms with Gasteiger partial charge in [0.25, 0.3) is 0 Å². The number of benzene rings is 15. The summed E-state index contributed by atoms with van der Waals surface area (Å²) < 4.78 is 0. The molecular weight excluding hydrogens is 1050 g/mol. The molecule has 17 rings (SSSR count). The number of hydrogen-bond donors (Lipinski definition) is 0. The van der Waals surface area contributed by atoms with Gasteiger partial charge in [0.05, 0.1) is 16.8 Å². The van der Waals surface area contributed by atoms with Gasteiger partial charge in [0.2, 0.25) is 0 Å². The third-order valence-corrected chi connectivity index (χ3v) is 18.4. The molecule has 1 spiro atoms. The van der Waals surface area contributed by atoms with E-state index in [1.165, 1.54) is 99.1 Å². The van der Waals surface area contributed by atoms with Gasteiger partial charge in [-0.15, -0.1) is 0 Å². The van der Waals surface area contributed by atoms with E-state index >= 15 is 0 Å². The Labute approximate surface area is 507 Å². The molecule has 0 saturated heterocycles. The summed E-state index contributed by atoms with van der Waals surface area (Å²) in [7, 11) is 0. The Hall–Kier alpha value is -11.3. The summed E-state index contributed by atoms with van der Waals surface area (Å²) >= 11 is 0. The van der Waals surface area contributed by atoms with Gasteiger partial charge in [-0.2, -0.15) is 0 Å². The Morgan fingerprint density at radius 3 is 1.10 bits per heavy atom. The van der Waals surface area contributed by atoms with E-state index in [1.54, 1.807) is 0 Å². The average molecular weight is 1110 g/mol. The molecule has 0 saturated carbocycles. The molecule has 0 fully saturated rings. The molecule has 2 nitrogen and oxygen atoms in total. The predicted octanol–water partition coefficient (Wildman–Crippen LogP) is 23.1. The van der Waals surface area contributed by atoms with E-state index in [0.29, 0.717) is 0 Å². The van der Waals surface area contributed by atoms with Gasteiger partial charge < -0.3 is 9.80 Å². The Balaban J connectivity index is 0.900. The molecule has 0 bridgehead atoms. The fraction of sp³-hybridized carbons (Fsp3) is 0.0118. The summed E-state index contributed by atoms with van der Waals surface area (Å²) in [6.07, 6.45) is 0. The Morgan fingerprint density at radius 1 is 0.195 bits per heavy atom. The molecule has 0 atom stereocenters. The van der Waals surface area contributed by atoms with Gasteiger partial charge in [-0.25, -0.2) is 0 Å². The van der Waals surface area contributed by atoms with Crippen LogP contribution in [-0.4, -0.2) is 0 Å². The normalized spacial score (nSPS) is 12.5. The molecule has 15 aromatic carbocycles. The molecule has 15 aromatic rings. The fourth-order valence-electron chi connectivity index (χ4n) is 14.5. The van der Waals surface area contributed by atoms with Gasteiger partial charge in [0.15, 0.2) is 0 Å². The fourth-order valence-corrected chi connectivity index (χ4v) is 14.5. The van der Waals surface area contributed by atoms with Crippen molar-refractivity contribution in [1.82, 2.24) is 0 Å². The van der Waals surface area contributed by atoms with Crippen molar-refractivity contribution in [3.8, 4) is 66.8 Å². The highest BCUT2D eigenvalue weighted by molar-refractivity contribution is 6.10. The van der Waals surface area contributed by atoms with Crippen molar-refractivity contribution < 1.29 is 0 Å². The quantitative estimate of drug-likeness (QED) is 0.135. The third kappa shape index (κ3) is 8.17. The van der Waals surface area contributed by atoms with Gasteiger partial charge in [0, 0.05) is 33.9 Å². The minimum Gasteiger partial charge on any atom is -0.310 e. The van der Waals surface area contributed by atoms with Crippen LogP contribution in [0.25, 0.3) is 99.1 Å². The van der Waals surface area contributed by atoms with Crippen LogP contribution < -0.4 is 9.80 Å². The largest absolute Gasteiger partial charge is 0.310 e. The topological polar surface area (TPSA) is 6.48 Å². The molecule has 0 heterocycles. The van der Waals surface area contributed by atoms with Crippen LogP contribution in [0.3, 0.4) is 0 Å². The van der Waals surface area contributed by atoms with Crippen LogP contribution in [0.15, 0.2) is 340 Å². The number of anilines is 6. The van der Waals surface area contributed by atoms with Crippen molar-refractivity contribution in [2.75, 3.05) is 9.80 Å². The van der Waals surface area contributed by atoms with Crippen LogP contribution in [-0.2, 0) is 5.41 Å². The summed E-state index contributed by atoms with van der Waals surface area (Å²) in [6.45, 7) is 0. The van der Waals surface area contributed by atoms with Gasteiger partial charge in [-0.05, 0) is 195 Å².